The van der Waals surface area contributed by atoms with Crippen LogP contribution in [-0.4, -0.2) is 29.6 Å². The van der Waals surface area contributed by atoms with Gasteiger partial charge in [0.2, 0.25) is 0 Å². The second-order valence-corrected chi connectivity index (χ2v) is 4.00. The summed E-state index contributed by atoms with van der Waals surface area (Å²) in [6.45, 7) is 4.84. The van der Waals surface area contributed by atoms with E-state index in [9.17, 15) is 4.79 Å². The number of rotatable bonds is 4. The van der Waals surface area contributed by atoms with E-state index in [1.807, 2.05) is 20.9 Å². The maximum Gasteiger partial charge on any atom is 0.317 e. The van der Waals surface area contributed by atoms with Crippen LogP contribution in [0.2, 0.25) is 0 Å². The minimum absolute atomic E-state index is 0.0768. The maximum atomic E-state index is 10.5. The molecule has 3 nitrogen and oxygen atoms in total. The fourth-order valence-electron chi connectivity index (χ4n) is 1.55. The third kappa shape index (κ3) is 3.72. The number of nitrogens with zero attached hydrogens (tertiary/aromatic N) is 1. The summed E-state index contributed by atoms with van der Waals surface area (Å²) in [5.41, 5.74) is 3.61. The Morgan fingerprint density at radius 1 is 1.40 bits per heavy atom. The molecular weight excluding hydrogens is 190 g/mol. The summed E-state index contributed by atoms with van der Waals surface area (Å²) in [5, 5.41) is 8.64. The van der Waals surface area contributed by atoms with Gasteiger partial charge in [-0.1, -0.05) is 23.8 Å². The van der Waals surface area contributed by atoms with Gasteiger partial charge in [0.1, 0.15) is 0 Å². The largest absolute Gasteiger partial charge is 0.480 e. The number of hydrogen-bond donors (Lipinski definition) is 1. The average Bonchev–Trinajstić information content (AvgIpc) is 2.10. The molecular formula is C12H17NO2. The number of likely N-dealkylation sites (N-methyl/N-ethyl adjacent to an activating group) is 1. The standard InChI is InChI=1S/C12H17NO2/c1-9-4-5-10(2)11(6-9)7-13(3)8-12(14)15/h4-6H,7-8H2,1-3H3,(H,14,15). The Balaban J connectivity index is 2.71. The Hall–Kier alpha value is -1.35. The highest BCUT2D eigenvalue weighted by Crippen LogP contribution is 2.12. The number of hydrogen-bond acceptors (Lipinski definition) is 2. The normalized spacial score (nSPS) is 10.7. The van der Waals surface area contributed by atoms with Crippen molar-refractivity contribution in [2.24, 2.45) is 0 Å². The molecule has 1 N–H and O–H groups in total. The zero-order valence-electron chi connectivity index (χ0n) is 9.45. The molecule has 0 amide bonds. The van der Waals surface area contributed by atoms with Crippen molar-refractivity contribution < 1.29 is 9.90 Å². The van der Waals surface area contributed by atoms with Gasteiger partial charge in [-0.05, 0) is 32.0 Å². The number of carboxylic acid groups (broad SMARTS) is 1. The van der Waals surface area contributed by atoms with Crippen LogP contribution in [0.4, 0.5) is 0 Å². The van der Waals surface area contributed by atoms with Crippen LogP contribution in [-0.2, 0) is 11.3 Å². The Bertz CT molecular complexity index is 361. The van der Waals surface area contributed by atoms with Crippen LogP contribution in [0.5, 0.6) is 0 Å². The molecule has 0 bridgehead atoms. The molecule has 0 heterocycles. The highest BCUT2D eigenvalue weighted by molar-refractivity contribution is 5.69. The van der Waals surface area contributed by atoms with Gasteiger partial charge >= 0.3 is 5.97 Å². The minimum Gasteiger partial charge on any atom is -0.480 e. The van der Waals surface area contributed by atoms with Crippen molar-refractivity contribution in [3.63, 3.8) is 0 Å². The van der Waals surface area contributed by atoms with E-state index in [0.29, 0.717) is 6.54 Å². The van der Waals surface area contributed by atoms with Crippen molar-refractivity contribution in [1.29, 1.82) is 0 Å². The topological polar surface area (TPSA) is 40.5 Å². The lowest BCUT2D eigenvalue weighted by Gasteiger charge is -2.16. The van der Waals surface area contributed by atoms with Crippen LogP contribution in [0.25, 0.3) is 0 Å². The number of benzene rings is 1. The summed E-state index contributed by atoms with van der Waals surface area (Å²) >= 11 is 0. The number of aliphatic carboxylic acids is 1. The summed E-state index contributed by atoms with van der Waals surface area (Å²) in [5.74, 6) is -0.789. The number of carboxylic acids is 1. The Morgan fingerprint density at radius 3 is 2.67 bits per heavy atom. The van der Waals surface area contributed by atoms with Gasteiger partial charge in [0.05, 0.1) is 6.54 Å². The highest BCUT2D eigenvalue weighted by atomic mass is 16.4. The van der Waals surface area contributed by atoms with Gasteiger partial charge in [0.15, 0.2) is 0 Å². The van der Waals surface area contributed by atoms with Gasteiger partial charge in [-0.15, -0.1) is 0 Å². The summed E-state index contributed by atoms with van der Waals surface area (Å²) in [4.78, 5) is 12.3. The fraction of sp³-hybridized carbons (Fsp3) is 0.417. The van der Waals surface area contributed by atoms with Crippen LogP contribution in [0.1, 0.15) is 16.7 Å². The van der Waals surface area contributed by atoms with Gasteiger partial charge in [-0.2, -0.15) is 0 Å². The van der Waals surface area contributed by atoms with Gasteiger partial charge in [0.25, 0.3) is 0 Å². The molecule has 0 unspecified atom stereocenters. The van der Waals surface area contributed by atoms with E-state index in [1.165, 1.54) is 16.7 Å². The Kier molecular flexibility index (Phi) is 3.86. The second kappa shape index (κ2) is 4.94. The van der Waals surface area contributed by atoms with E-state index >= 15 is 0 Å². The summed E-state index contributed by atoms with van der Waals surface area (Å²) in [7, 11) is 1.82. The molecule has 0 aliphatic carbocycles. The summed E-state index contributed by atoms with van der Waals surface area (Å²) in [6, 6.07) is 6.24. The van der Waals surface area contributed by atoms with Gasteiger partial charge in [-0.25, -0.2) is 0 Å². The molecule has 82 valence electrons. The van der Waals surface area contributed by atoms with E-state index in [-0.39, 0.29) is 6.54 Å². The van der Waals surface area contributed by atoms with Crippen molar-refractivity contribution in [3.05, 3.63) is 34.9 Å². The minimum atomic E-state index is -0.789. The Morgan fingerprint density at radius 2 is 2.07 bits per heavy atom. The van der Waals surface area contributed by atoms with Crippen LogP contribution in [0.15, 0.2) is 18.2 Å². The van der Waals surface area contributed by atoms with Gasteiger partial charge in [-0.3, -0.25) is 9.69 Å². The Labute approximate surface area is 90.3 Å². The SMILES string of the molecule is Cc1ccc(C)c(CN(C)CC(=O)O)c1. The highest BCUT2D eigenvalue weighted by Gasteiger charge is 2.06. The third-order valence-corrected chi connectivity index (χ3v) is 2.35. The second-order valence-electron chi connectivity index (χ2n) is 4.00. The molecule has 0 radical (unpaired) electrons. The quantitative estimate of drug-likeness (QED) is 0.818. The van der Waals surface area contributed by atoms with E-state index in [4.69, 9.17) is 5.11 Å². The van der Waals surface area contributed by atoms with Crippen molar-refractivity contribution in [2.75, 3.05) is 13.6 Å². The average molecular weight is 207 g/mol. The van der Waals surface area contributed by atoms with Gasteiger partial charge < -0.3 is 5.11 Å². The van der Waals surface area contributed by atoms with Crippen molar-refractivity contribution >= 4 is 5.97 Å². The van der Waals surface area contributed by atoms with E-state index in [0.717, 1.165) is 0 Å². The molecule has 1 rings (SSSR count). The molecule has 15 heavy (non-hydrogen) atoms. The van der Waals surface area contributed by atoms with Crippen LogP contribution in [0.3, 0.4) is 0 Å². The predicted octanol–water partition coefficient (Wildman–Crippen LogP) is 1.82. The molecule has 1 aromatic rings. The van der Waals surface area contributed by atoms with Gasteiger partial charge in [0, 0.05) is 6.54 Å². The molecule has 0 spiro atoms. The molecule has 3 heteroatoms. The molecule has 0 saturated heterocycles. The lowest BCUT2D eigenvalue weighted by molar-refractivity contribution is -0.138. The zero-order valence-corrected chi connectivity index (χ0v) is 9.45. The van der Waals surface area contributed by atoms with Crippen molar-refractivity contribution in [2.45, 2.75) is 20.4 Å². The molecule has 0 aliphatic heterocycles. The maximum absolute atomic E-state index is 10.5. The summed E-state index contributed by atoms with van der Waals surface area (Å²) < 4.78 is 0. The summed E-state index contributed by atoms with van der Waals surface area (Å²) in [6.07, 6.45) is 0. The first-order chi connectivity index (χ1) is 6.99. The van der Waals surface area contributed by atoms with Crippen molar-refractivity contribution in [3.8, 4) is 0 Å². The first-order valence-electron chi connectivity index (χ1n) is 4.95. The first-order valence-corrected chi connectivity index (χ1v) is 4.95. The van der Waals surface area contributed by atoms with Crippen LogP contribution >= 0.6 is 0 Å². The predicted molar refractivity (Wildman–Crippen MR) is 59.9 cm³/mol. The number of aryl methyl sites for hydroxylation is 2. The molecule has 0 atom stereocenters. The van der Waals surface area contributed by atoms with Crippen LogP contribution < -0.4 is 0 Å². The molecule has 0 fully saturated rings. The molecule has 0 aliphatic rings. The lowest BCUT2D eigenvalue weighted by Crippen LogP contribution is -2.25. The van der Waals surface area contributed by atoms with E-state index in [2.05, 4.69) is 18.2 Å². The monoisotopic (exact) mass is 207 g/mol. The van der Waals surface area contributed by atoms with E-state index < -0.39 is 5.97 Å². The smallest absolute Gasteiger partial charge is 0.317 e. The van der Waals surface area contributed by atoms with E-state index in [1.54, 1.807) is 4.90 Å². The van der Waals surface area contributed by atoms with Crippen LogP contribution in [0, 0.1) is 13.8 Å². The molecule has 0 aromatic heterocycles. The third-order valence-electron chi connectivity index (χ3n) is 2.35. The fourth-order valence-corrected chi connectivity index (χ4v) is 1.55. The molecule has 1 aromatic carbocycles. The lowest BCUT2D eigenvalue weighted by atomic mass is 10.1. The zero-order chi connectivity index (χ0) is 11.4. The van der Waals surface area contributed by atoms with Crippen molar-refractivity contribution in [1.82, 2.24) is 4.90 Å². The first kappa shape index (κ1) is 11.7. The number of carbonyl (C=O) groups is 1. The molecule has 0 saturated carbocycles.